The normalized spacial score (nSPS) is 10.7. The van der Waals surface area contributed by atoms with Crippen molar-refractivity contribution in [3.63, 3.8) is 0 Å². The van der Waals surface area contributed by atoms with Crippen molar-refractivity contribution >= 4 is 33.3 Å². The van der Waals surface area contributed by atoms with Gasteiger partial charge in [-0.05, 0) is 41.4 Å². The van der Waals surface area contributed by atoms with E-state index in [-0.39, 0.29) is 12.2 Å². The molecular formula is C15H16BrClFN3. The van der Waals surface area contributed by atoms with E-state index in [9.17, 15) is 4.39 Å². The summed E-state index contributed by atoms with van der Waals surface area (Å²) in [6.45, 7) is 4.78. The summed E-state index contributed by atoms with van der Waals surface area (Å²) < 4.78 is 14.7. The molecule has 0 aliphatic carbocycles. The number of hydrogen-bond donors (Lipinski definition) is 1. The lowest BCUT2D eigenvalue weighted by molar-refractivity contribution is 0.612. The Morgan fingerprint density at radius 2 is 2.10 bits per heavy atom. The lowest BCUT2D eigenvalue weighted by atomic mass is 10.1. The van der Waals surface area contributed by atoms with Gasteiger partial charge in [0.15, 0.2) is 0 Å². The first kappa shape index (κ1) is 16.2. The number of benzene rings is 1. The molecule has 0 aliphatic rings. The number of rotatable bonds is 5. The summed E-state index contributed by atoms with van der Waals surface area (Å²) in [7, 11) is 0. The number of anilines is 1. The quantitative estimate of drug-likeness (QED) is 0.823. The van der Waals surface area contributed by atoms with Crippen LogP contribution >= 0.6 is 27.5 Å². The third kappa shape index (κ3) is 3.92. The van der Waals surface area contributed by atoms with Crippen LogP contribution in [0.25, 0.3) is 0 Å². The minimum absolute atomic E-state index is 0.264. The summed E-state index contributed by atoms with van der Waals surface area (Å²) in [6.07, 6.45) is 1.25. The lowest BCUT2D eigenvalue weighted by Crippen LogP contribution is -2.08. The smallest absolute Gasteiger partial charge is 0.144 e. The van der Waals surface area contributed by atoms with Crippen molar-refractivity contribution in [2.24, 2.45) is 0 Å². The van der Waals surface area contributed by atoms with Gasteiger partial charge in [-0.1, -0.05) is 24.6 Å². The molecule has 1 N–H and O–H groups in total. The molecule has 1 aromatic heterocycles. The van der Waals surface area contributed by atoms with Crippen molar-refractivity contribution in [2.45, 2.75) is 26.7 Å². The minimum Gasteiger partial charge on any atom is -0.369 e. The molecule has 112 valence electrons. The van der Waals surface area contributed by atoms with Crippen LogP contribution in [0.5, 0.6) is 0 Å². The van der Waals surface area contributed by atoms with Crippen LogP contribution in [0.4, 0.5) is 10.2 Å². The fourth-order valence-electron chi connectivity index (χ4n) is 1.92. The molecule has 21 heavy (non-hydrogen) atoms. The number of aromatic nitrogens is 2. The van der Waals surface area contributed by atoms with Crippen molar-refractivity contribution in [3.8, 4) is 0 Å². The molecule has 0 unspecified atom stereocenters. The van der Waals surface area contributed by atoms with E-state index in [4.69, 9.17) is 11.6 Å². The predicted molar refractivity (Wildman–Crippen MR) is 87.5 cm³/mol. The molecule has 6 heteroatoms. The maximum Gasteiger partial charge on any atom is 0.144 e. The number of nitrogens with zero attached hydrogens (tertiary/aromatic N) is 2. The summed E-state index contributed by atoms with van der Waals surface area (Å²) in [4.78, 5) is 8.85. The van der Waals surface area contributed by atoms with E-state index >= 15 is 0 Å². The van der Waals surface area contributed by atoms with E-state index in [0.29, 0.717) is 16.4 Å². The topological polar surface area (TPSA) is 37.8 Å². The van der Waals surface area contributed by atoms with Crippen LogP contribution in [-0.2, 0) is 6.42 Å². The van der Waals surface area contributed by atoms with Gasteiger partial charge in [-0.2, -0.15) is 0 Å². The summed E-state index contributed by atoms with van der Waals surface area (Å²) in [5.41, 5.74) is 1.23. The lowest BCUT2D eigenvalue weighted by Gasteiger charge is -2.11. The SMILES string of the molecule is CCCNc1nc(Cc2c(F)cccc2Cl)nc(C)c1Br. The highest BCUT2D eigenvalue weighted by Crippen LogP contribution is 2.26. The summed E-state index contributed by atoms with van der Waals surface area (Å²) in [6, 6.07) is 4.65. The highest BCUT2D eigenvalue weighted by Gasteiger charge is 2.13. The monoisotopic (exact) mass is 371 g/mol. The predicted octanol–water partition coefficient (Wildman–Crippen LogP) is 4.75. The van der Waals surface area contributed by atoms with Crippen molar-refractivity contribution < 1.29 is 4.39 Å². The Kier molecular flexibility index (Phi) is 5.53. The summed E-state index contributed by atoms with van der Waals surface area (Å²) >= 11 is 9.52. The second-order valence-corrected chi connectivity index (χ2v) is 5.89. The largest absolute Gasteiger partial charge is 0.369 e. The molecule has 2 rings (SSSR count). The van der Waals surface area contributed by atoms with Crippen molar-refractivity contribution in [1.82, 2.24) is 9.97 Å². The van der Waals surface area contributed by atoms with Crippen LogP contribution in [0.15, 0.2) is 22.7 Å². The first-order valence-corrected chi connectivity index (χ1v) is 7.89. The van der Waals surface area contributed by atoms with Crippen LogP contribution in [-0.4, -0.2) is 16.5 Å². The van der Waals surface area contributed by atoms with Gasteiger partial charge < -0.3 is 5.32 Å². The van der Waals surface area contributed by atoms with Crippen molar-refractivity contribution in [1.29, 1.82) is 0 Å². The maximum atomic E-state index is 13.9. The van der Waals surface area contributed by atoms with Gasteiger partial charge in [0.25, 0.3) is 0 Å². The Morgan fingerprint density at radius 1 is 1.33 bits per heavy atom. The third-order valence-corrected chi connectivity index (χ3v) is 4.31. The fraction of sp³-hybridized carbons (Fsp3) is 0.333. The van der Waals surface area contributed by atoms with Crippen LogP contribution in [0, 0.1) is 12.7 Å². The molecule has 0 saturated carbocycles. The van der Waals surface area contributed by atoms with Gasteiger partial charge in [-0.3, -0.25) is 0 Å². The summed E-state index contributed by atoms with van der Waals surface area (Å²) in [5.74, 6) is 0.933. The van der Waals surface area contributed by atoms with Gasteiger partial charge in [0.2, 0.25) is 0 Å². The second kappa shape index (κ2) is 7.18. The molecule has 0 atom stereocenters. The molecule has 0 amide bonds. The van der Waals surface area contributed by atoms with Gasteiger partial charge in [-0.15, -0.1) is 0 Å². The number of halogens is 3. The van der Waals surface area contributed by atoms with Crippen LogP contribution in [0.3, 0.4) is 0 Å². The fourth-order valence-corrected chi connectivity index (χ4v) is 2.46. The van der Waals surface area contributed by atoms with Crippen LogP contribution in [0.1, 0.15) is 30.4 Å². The average molecular weight is 373 g/mol. The third-order valence-electron chi connectivity index (χ3n) is 3.00. The molecule has 1 aromatic carbocycles. The molecule has 1 heterocycles. The zero-order valence-corrected chi connectivity index (χ0v) is 14.2. The number of nitrogens with one attached hydrogen (secondary N) is 1. The van der Waals surface area contributed by atoms with Gasteiger partial charge in [0.05, 0.1) is 10.2 Å². The van der Waals surface area contributed by atoms with Gasteiger partial charge in [-0.25, -0.2) is 14.4 Å². The number of aryl methyl sites for hydroxylation is 1. The summed E-state index contributed by atoms with van der Waals surface area (Å²) in [5, 5.41) is 3.63. The molecule has 0 saturated heterocycles. The van der Waals surface area contributed by atoms with E-state index in [1.807, 2.05) is 6.92 Å². The Morgan fingerprint density at radius 3 is 2.76 bits per heavy atom. The van der Waals surface area contributed by atoms with Gasteiger partial charge in [0.1, 0.15) is 17.5 Å². The highest BCUT2D eigenvalue weighted by molar-refractivity contribution is 9.10. The zero-order chi connectivity index (χ0) is 15.4. The molecule has 0 fully saturated rings. The molecule has 3 nitrogen and oxygen atoms in total. The molecular weight excluding hydrogens is 357 g/mol. The van der Waals surface area contributed by atoms with E-state index < -0.39 is 0 Å². The Balaban J connectivity index is 2.34. The Labute approximate surface area is 137 Å². The average Bonchev–Trinajstić information content (AvgIpc) is 2.45. The first-order chi connectivity index (χ1) is 10.0. The molecule has 0 radical (unpaired) electrons. The minimum atomic E-state index is -0.338. The molecule has 0 aliphatic heterocycles. The van der Waals surface area contributed by atoms with E-state index in [1.54, 1.807) is 12.1 Å². The first-order valence-electron chi connectivity index (χ1n) is 6.72. The van der Waals surface area contributed by atoms with Crippen LogP contribution < -0.4 is 5.32 Å². The molecule has 0 spiro atoms. The van der Waals surface area contributed by atoms with E-state index in [0.717, 1.165) is 29.0 Å². The standard InChI is InChI=1S/C15H16BrClFN3/c1-3-7-19-15-14(16)9(2)20-13(21-15)8-10-11(17)5-4-6-12(10)18/h4-6H,3,7-8H2,1-2H3,(H,19,20,21). The second-order valence-electron chi connectivity index (χ2n) is 4.69. The van der Waals surface area contributed by atoms with Gasteiger partial charge >= 0.3 is 0 Å². The molecule has 2 aromatic rings. The highest BCUT2D eigenvalue weighted by atomic mass is 79.9. The Hall–Kier alpha value is -1.20. The Bertz CT molecular complexity index is 629. The zero-order valence-electron chi connectivity index (χ0n) is 11.9. The van der Waals surface area contributed by atoms with Crippen molar-refractivity contribution in [2.75, 3.05) is 11.9 Å². The van der Waals surface area contributed by atoms with Crippen molar-refractivity contribution in [3.05, 3.63) is 50.6 Å². The van der Waals surface area contributed by atoms with E-state index in [2.05, 4.69) is 38.1 Å². The van der Waals surface area contributed by atoms with E-state index in [1.165, 1.54) is 6.07 Å². The van der Waals surface area contributed by atoms with Crippen LogP contribution in [0.2, 0.25) is 5.02 Å². The molecule has 0 bridgehead atoms. The number of hydrogen-bond acceptors (Lipinski definition) is 3. The maximum absolute atomic E-state index is 13.9. The van der Waals surface area contributed by atoms with Gasteiger partial charge in [0, 0.05) is 23.6 Å².